The van der Waals surface area contributed by atoms with E-state index in [0.29, 0.717) is 6.54 Å². The van der Waals surface area contributed by atoms with Crippen LogP contribution in [0.15, 0.2) is 48.5 Å². The van der Waals surface area contributed by atoms with Crippen molar-refractivity contribution in [1.29, 1.82) is 0 Å². The van der Waals surface area contributed by atoms with Crippen LogP contribution in [-0.2, 0) is 4.74 Å². The van der Waals surface area contributed by atoms with Crippen LogP contribution in [0.4, 0.5) is 0 Å². The minimum absolute atomic E-state index is 0.270. The van der Waals surface area contributed by atoms with Gasteiger partial charge in [-0.2, -0.15) is 0 Å². The highest BCUT2D eigenvalue weighted by atomic mass is 16.5. The van der Waals surface area contributed by atoms with Gasteiger partial charge in [0.05, 0.1) is 26.9 Å². The largest absolute Gasteiger partial charge is 0.497 e. The van der Waals surface area contributed by atoms with E-state index >= 15 is 0 Å². The van der Waals surface area contributed by atoms with Crippen LogP contribution in [0.3, 0.4) is 0 Å². The molecule has 31 heavy (non-hydrogen) atoms. The van der Waals surface area contributed by atoms with E-state index in [0.717, 1.165) is 55.3 Å². The van der Waals surface area contributed by atoms with E-state index in [-0.39, 0.29) is 12.7 Å². The molecule has 0 spiro atoms. The van der Waals surface area contributed by atoms with Gasteiger partial charge in [0, 0.05) is 32.7 Å². The van der Waals surface area contributed by atoms with Crippen molar-refractivity contribution in [2.75, 3.05) is 60.1 Å². The molecule has 0 unspecified atom stereocenters. The number of rotatable bonds is 11. The van der Waals surface area contributed by atoms with Gasteiger partial charge in [-0.3, -0.25) is 4.90 Å². The Bertz CT molecular complexity index is 711. The van der Waals surface area contributed by atoms with Crippen molar-refractivity contribution in [3.63, 3.8) is 0 Å². The van der Waals surface area contributed by atoms with E-state index in [9.17, 15) is 5.11 Å². The molecule has 1 N–H and O–H groups in total. The standard InChI is InChI=1S/C25H36N2O4/c1-4-13-26-14-16-27(17-15-26)18-22(28)19-31-25(20-5-9-23(29-2)10-6-20)21-7-11-24(30-3)12-8-21/h5-12,22,25,28H,4,13-19H2,1-3H3/t22-/m1/s1. The van der Waals surface area contributed by atoms with Gasteiger partial charge in [0.15, 0.2) is 0 Å². The smallest absolute Gasteiger partial charge is 0.118 e. The number of piperazine rings is 1. The number of aliphatic hydroxyl groups is 1. The second-order valence-corrected chi connectivity index (χ2v) is 8.06. The molecule has 2 aromatic rings. The monoisotopic (exact) mass is 428 g/mol. The molecule has 6 heteroatoms. The molecule has 1 fully saturated rings. The Hall–Kier alpha value is -2.12. The lowest BCUT2D eigenvalue weighted by molar-refractivity contribution is -0.0144. The average molecular weight is 429 g/mol. The lowest BCUT2D eigenvalue weighted by Crippen LogP contribution is -2.49. The highest BCUT2D eigenvalue weighted by molar-refractivity contribution is 5.36. The van der Waals surface area contributed by atoms with Crippen LogP contribution in [0.2, 0.25) is 0 Å². The summed E-state index contributed by atoms with van der Waals surface area (Å²) in [6.45, 7) is 8.43. The van der Waals surface area contributed by atoms with Crippen molar-refractivity contribution in [2.24, 2.45) is 0 Å². The first-order valence-corrected chi connectivity index (χ1v) is 11.1. The third kappa shape index (κ3) is 6.94. The molecular weight excluding hydrogens is 392 g/mol. The fraction of sp³-hybridized carbons (Fsp3) is 0.520. The Balaban J connectivity index is 1.61. The molecule has 1 aliphatic rings. The third-order valence-electron chi connectivity index (χ3n) is 5.77. The van der Waals surface area contributed by atoms with Crippen LogP contribution in [-0.4, -0.2) is 81.1 Å². The van der Waals surface area contributed by atoms with Gasteiger partial charge in [-0.05, 0) is 48.4 Å². The SMILES string of the molecule is CCCN1CCN(C[C@@H](O)COC(c2ccc(OC)cc2)c2ccc(OC)cc2)CC1. The molecule has 1 aliphatic heterocycles. The number of nitrogens with zero attached hydrogens (tertiary/aromatic N) is 2. The molecule has 0 amide bonds. The number of β-amino-alcohol motifs (C(OH)–C–C–N with tert-alkyl or cyclic N) is 1. The molecule has 170 valence electrons. The maximum absolute atomic E-state index is 10.7. The second kappa shape index (κ2) is 12.1. The first-order chi connectivity index (χ1) is 15.1. The Morgan fingerprint density at radius 1 is 0.806 bits per heavy atom. The van der Waals surface area contributed by atoms with Crippen molar-refractivity contribution >= 4 is 0 Å². The summed E-state index contributed by atoms with van der Waals surface area (Å²) in [5.41, 5.74) is 2.04. The molecule has 1 atom stereocenters. The van der Waals surface area contributed by atoms with Crippen molar-refractivity contribution in [3.8, 4) is 11.5 Å². The zero-order chi connectivity index (χ0) is 22.1. The van der Waals surface area contributed by atoms with E-state index < -0.39 is 6.10 Å². The molecule has 0 bridgehead atoms. The number of hydrogen-bond acceptors (Lipinski definition) is 6. The molecule has 0 aliphatic carbocycles. The Labute approximate surface area is 186 Å². The zero-order valence-electron chi connectivity index (χ0n) is 19.0. The minimum atomic E-state index is -0.531. The molecule has 2 aromatic carbocycles. The maximum Gasteiger partial charge on any atom is 0.118 e. The molecule has 0 radical (unpaired) electrons. The van der Waals surface area contributed by atoms with Crippen LogP contribution in [0.25, 0.3) is 0 Å². The molecular formula is C25H36N2O4. The molecule has 3 rings (SSSR count). The first kappa shape index (κ1) is 23.5. The Kier molecular flexibility index (Phi) is 9.15. The summed E-state index contributed by atoms with van der Waals surface area (Å²) in [5.74, 6) is 1.61. The van der Waals surface area contributed by atoms with Gasteiger partial charge in [-0.25, -0.2) is 0 Å². The van der Waals surface area contributed by atoms with Crippen molar-refractivity contribution in [3.05, 3.63) is 59.7 Å². The first-order valence-electron chi connectivity index (χ1n) is 11.1. The second-order valence-electron chi connectivity index (χ2n) is 8.06. The van der Waals surface area contributed by atoms with Gasteiger partial charge in [-0.1, -0.05) is 31.2 Å². The highest BCUT2D eigenvalue weighted by Crippen LogP contribution is 2.29. The minimum Gasteiger partial charge on any atom is -0.497 e. The third-order valence-corrected chi connectivity index (χ3v) is 5.77. The van der Waals surface area contributed by atoms with Gasteiger partial charge in [0.1, 0.15) is 17.6 Å². The van der Waals surface area contributed by atoms with Crippen LogP contribution in [0, 0.1) is 0 Å². The van der Waals surface area contributed by atoms with Crippen molar-refractivity contribution in [1.82, 2.24) is 9.80 Å². The van der Waals surface area contributed by atoms with Crippen LogP contribution >= 0.6 is 0 Å². The predicted octanol–water partition coefficient (Wildman–Crippen LogP) is 3.20. The molecule has 1 saturated heterocycles. The van der Waals surface area contributed by atoms with E-state index in [1.807, 2.05) is 48.5 Å². The van der Waals surface area contributed by atoms with E-state index in [1.165, 1.54) is 6.42 Å². The normalized spacial score (nSPS) is 16.4. The fourth-order valence-electron chi connectivity index (χ4n) is 4.01. The highest BCUT2D eigenvalue weighted by Gasteiger charge is 2.21. The van der Waals surface area contributed by atoms with Crippen LogP contribution in [0.5, 0.6) is 11.5 Å². The van der Waals surface area contributed by atoms with Crippen LogP contribution in [0.1, 0.15) is 30.6 Å². The Morgan fingerprint density at radius 3 is 1.74 bits per heavy atom. The summed E-state index contributed by atoms with van der Waals surface area (Å²) in [6, 6.07) is 15.8. The molecule has 6 nitrogen and oxygen atoms in total. The number of ether oxygens (including phenoxy) is 3. The average Bonchev–Trinajstić information content (AvgIpc) is 2.81. The number of methoxy groups -OCH3 is 2. The van der Waals surface area contributed by atoms with Gasteiger partial charge in [0.25, 0.3) is 0 Å². The van der Waals surface area contributed by atoms with E-state index in [4.69, 9.17) is 14.2 Å². The molecule has 0 aromatic heterocycles. The molecule has 0 saturated carbocycles. The predicted molar refractivity (Wildman–Crippen MR) is 123 cm³/mol. The summed E-state index contributed by atoms with van der Waals surface area (Å²) in [6.07, 6.45) is 0.388. The summed E-state index contributed by atoms with van der Waals surface area (Å²) in [5, 5.41) is 10.7. The summed E-state index contributed by atoms with van der Waals surface area (Å²) in [7, 11) is 3.32. The van der Waals surface area contributed by atoms with E-state index in [1.54, 1.807) is 14.2 Å². The lowest BCUT2D eigenvalue weighted by atomic mass is 10.0. The van der Waals surface area contributed by atoms with Crippen LogP contribution < -0.4 is 9.47 Å². The number of benzene rings is 2. The van der Waals surface area contributed by atoms with Gasteiger partial charge >= 0.3 is 0 Å². The zero-order valence-corrected chi connectivity index (χ0v) is 19.0. The van der Waals surface area contributed by atoms with Gasteiger partial charge in [-0.15, -0.1) is 0 Å². The summed E-state index contributed by atoms with van der Waals surface area (Å²) >= 11 is 0. The van der Waals surface area contributed by atoms with Crippen molar-refractivity contribution < 1.29 is 19.3 Å². The maximum atomic E-state index is 10.7. The molecule has 1 heterocycles. The summed E-state index contributed by atoms with van der Waals surface area (Å²) in [4.78, 5) is 4.82. The quantitative estimate of drug-likeness (QED) is 0.593. The van der Waals surface area contributed by atoms with Gasteiger partial charge in [0.2, 0.25) is 0 Å². The Morgan fingerprint density at radius 2 is 1.29 bits per heavy atom. The number of hydrogen-bond donors (Lipinski definition) is 1. The number of aliphatic hydroxyl groups excluding tert-OH is 1. The fourth-order valence-corrected chi connectivity index (χ4v) is 4.01. The van der Waals surface area contributed by atoms with Crippen molar-refractivity contribution in [2.45, 2.75) is 25.6 Å². The van der Waals surface area contributed by atoms with Gasteiger partial charge < -0.3 is 24.2 Å². The topological polar surface area (TPSA) is 54.4 Å². The summed E-state index contributed by atoms with van der Waals surface area (Å²) < 4.78 is 16.8. The van der Waals surface area contributed by atoms with E-state index in [2.05, 4.69) is 16.7 Å². The lowest BCUT2D eigenvalue weighted by Gasteiger charge is -2.35.